The third-order valence-electron chi connectivity index (χ3n) is 7.36. The van der Waals surface area contributed by atoms with E-state index in [4.69, 9.17) is 5.73 Å². The minimum Gasteiger partial charge on any atom is -0.368 e. The van der Waals surface area contributed by atoms with Gasteiger partial charge < -0.3 is 21.7 Å². The Hall–Kier alpha value is -4.50. The average molecular weight is 556 g/mol. The summed E-state index contributed by atoms with van der Waals surface area (Å²) in [6, 6.07) is 24.2. The van der Waals surface area contributed by atoms with Gasteiger partial charge in [-0.05, 0) is 56.0 Å². The lowest BCUT2D eigenvalue weighted by molar-refractivity contribution is -0.128. The number of primary amides is 1. The smallest absolute Gasteiger partial charge is 0.251 e. The Labute approximate surface area is 240 Å². The van der Waals surface area contributed by atoms with Crippen LogP contribution in [0.4, 0.5) is 0 Å². The van der Waals surface area contributed by atoms with E-state index in [9.17, 15) is 19.2 Å². The van der Waals surface area contributed by atoms with Crippen molar-refractivity contribution in [1.82, 2.24) is 20.9 Å². The summed E-state index contributed by atoms with van der Waals surface area (Å²) >= 11 is 0. The molecular formula is C32H37N5O4. The molecule has 9 heteroatoms. The number of hydrogen-bond donors (Lipinski definition) is 4. The van der Waals surface area contributed by atoms with Crippen LogP contribution in [0, 0.1) is 0 Å². The molecular weight excluding hydrogens is 518 g/mol. The normalized spacial score (nSPS) is 17.7. The molecule has 9 nitrogen and oxygen atoms in total. The molecule has 0 radical (unpaired) electrons. The number of carbonyl (C=O) groups is 4. The van der Waals surface area contributed by atoms with Gasteiger partial charge in [0.1, 0.15) is 12.1 Å². The molecule has 5 N–H and O–H groups in total. The lowest BCUT2D eigenvalue weighted by Gasteiger charge is -2.33. The van der Waals surface area contributed by atoms with Crippen molar-refractivity contribution in [3.05, 3.63) is 107 Å². The highest BCUT2D eigenvalue weighted by Crippen LogP contribution is 2.27. The first kappa shape index (κ1) is 29.5. The predicted octanol–water partition coefficient (Wildman–Crippen LogP) is 2.30. The van der Waals surface area contributed by atoms with E-state index in [1.807, 2.05) is 86.6 Å². The summed E-state index contributed by atoms with van der Waals surface area (Å²) in [6.45, 7) is 5.97. The molecule has 0 bridgehead atoms. The van der Waals surface area contributed by atoms with Crippen molar-refractivity contribution in [2.45, 2.75) is 63.9 Å². The van der Waals surface area contributed by atoms with E-state index in [0.29, 0.717) is 18.5 Å². The Balaban J connectivity index is 1.46. The number of hydrogen-bond acceptors (Lipinski definition) is 5. The van der Waals surface area contributed by atoms with Crippen LogP contribution in [-0.4, -0.2) is 52.3 Å². The van der Waals surface area contributed by atoms with Crippen molar-refractivity contribution in [3.63, 3.8) is 0 Å². The van der Waals surface area contributed by atoms with Gasteiger partial charge >= 0.3 is 0 Å². The zero-order valence-corrected chi connectivity index (χ0v) is 23.6. The average Bonchev–Trinajstić information content (AvgIpc) is 3.16. The summed E-state index contributed by atoms with van der Waals surface area (Å²) in [5.74, 6) is -1.59. The highest BCUT2D eigenvalue weighted by Gasteiger charge is 2.44. The van der Waals surface area contributed by atoms with Gasteiger partial charge in [0, 0.05) is 18.5 Å². The van der Waals surface area contributed by atoms with Crippen LogP contribution in [0.1, 0.15) is 47.8 Å². The summed E-state index contributed by atoms with van der Waals surface area (Å²) in [7, 11) is 0. The number of nitrogens with one attached hydrogen (secondary N) is 3. The van der Waals surface area contributed by atoms with Gasteiger partial charge in [0.05, 0.1) is 11.7 Å². The van der Waals surface area contributed by atoms with Crippen LogP contribution in [0.2, 0.25) is 0 Å². The summed E-state index contributed by atoms with van der Waals surface area (Å²) in [4.78, 5) is 52.6. The molecule has 214 valence electrons. The monoisotopic (exact) mass is 555 g/mol. The second-order valence-electron chi connectivity index (χ2n) is 10.9. The molecule has 1 saturated heterocycles. The van der Waals surface area contributed by atoms with Crippen LogP contribution in [0.15, 0.2) is 84.9 Å². The van der Waals surface area contributed by atoms with E-state index < -0.39 is 35.5 Å². The number of nitrogens with zero attached hydrogens (tertiary/aromatic N) is 1. The molecule has 1 aliphatic heterocycles. The van der Waals surface area contributed by atoms with Crippen LogP contribution in [-0.2, 0) is 33.8 Å². The van der Waals surface area contributed by atoms with Crippen LogP contribution < -0.4 is 21.7 Å². The van der Waals surface area contributed by atoms with E-state index in [-0.39, 0.29) is 18.4 Å². The molecule has 0 unspecified atom stereocenters. The Morgan fingerprint density at radius 1 is 0.878 bits per heavy atom. The van der Waals surface area contributed by atoms with Gasteiger partial charge in [-0.2, -0.15) is 0 Å². The van der Waals surface area contributed by atoms with Gasteiger partial charge in [0.25, 0.3) is 5.91 Å². The number of benzene rings is 3. The third kappa shape index (κ3) is 7.58. The second-order valence-corrected chi connectivity index (χ2v) is 10.9. The number of carbonyl (C=O) groups excluding carboxylic acids is 4. The van der Waals surface area contributed by atoms with Crippen molar-refractivity contribution in [3.8, 4) is 0 Å². The van der Waals surface area contributed by atoms with Gasteiger partial charge in [-0.25, -0.2) is 0 Å². The molecule has 4 amide bonds. The molecule has 4 rings (SSSR count). The fraction of sp³-hybridized carbons (Fsp3) is 0.312. The fourth-order valence-electron chi connectivity index (χ4n) is 4.98. The fourth-order valence-corrected chi connectivity index (χ4v) is 4.98. The van der Waals surface area contributed by atoms with Crippen molar-refractivity contribution >= 4 is 23.6 Å². The van der Waals surface area contributed by atoms with E-state index in [0.717, 1.165) is 16.7 Å². The van der Waals surface area contributed by atoms with E-state index in [1.54, 1.807) is 12.1 Å². The first-order valence-electron chi connectivity index (χ1n) is 13.7. The first-order chi connectivity index (χ1) is 19.5. The SMILES string of the molecule is C[C@H](NC(=O)[C@H](Cc1ccccc1)NC(=O)c1ccc(CN2[C@@H](Cc3ccccc3)C(=O)NC2(C)C)cc1)C(N)=O. The molecule has 3 atom stereocenters. The Bertz CT molecular complexity index is 1380. The standard InChI is InChI=1S/C32H37N5O4/c1-21(28(33)38)34-30(40)26(18-22-10-6-4-7-11-22)35-29(39)25-16-14-24(15-17-25)20-37-27(31(41)36-32(37,2)3)19-23-12-8-5-9-13-23/h4-17,21,26-27H,18-20H2,1-3H3,(H2,33,38)(H,34,40)(H,35,39)(H,36,41)/t21-,26-,27-/m0/s1. The summed E-state index contributed by atoms with van der Waals surface area (Å²) < 4.78 is 0. The summed E-state index contributed by atoms with van der Waals surface area (Å²) in [5, 5.41) is 8.47. The number of rotatable bonds is 11. The van der Waals surface area contributed by atoms with Crippen molar-refractivity contribution in [2.24, 2.45) is 5.73 Å². The molecule has 0 saturated carbocycles. The molecule has 3 aromatic carbocycles. The Kier molecular flexibility index (Phi) is 9.19. The minimum atomic E-state index is -0.910. The lowest BCUT2D eigenvalue weighted by atomic mass is 10.0. The first-order valence-corrected chi connectivity index (χ1v) is 13.7. The van der Waals surface area contributed by atoms with Gasteiger partial charge in [-0.1, -0.05) is 72.8 Å². The molecule has 0 spiro atoms. The van der Waals surface area contributed by atoms with Crippen molar-refractivity contribution < 1.29 is 19.2 Å². The van der Waals surface area contributed by atoms with Crippen LogP contribution >= 0.6 is 0 Å². The van der Waals surface area contributed by atoms with Gasteiger partial charge in [0.15, 0.2) is 0 Å². The largest absolute Gasteiger partial charge is 0.368 e. The number of amides is 4. The van der Waals surface area contributed by atoms with Gasteiger partial charge in [-0.3, -0.25) is 24.1 Å². The number of nitrogens with two attached hydrogens (primary N) is 1. The summed E-state index contributed by atoms with van der Waals surface area (Å²) in [5.41, 5.74) is 8.04. The second kappa shape index (κ2) is 12.8. The van der Waals surface area contributed by atoms with Gasteiger partial charge in [0.2, 0.25) is 17.7 Å². The highest BCUT2D eigenvalue weighted by atomic mass is 16.2. The predicted molar refractivity (Wildman–Crippen MR) is 156 cm³/mol. The van der Waals surface area contributed by atoms with E-state index in [1.165, 1.54) is 6.92 Å². The van der Waals surface area contributed by atoms with Gasteiger partial charge in [-0.15, -0.1) is 0 Å². The Morgan fingerprint density at radius 3 is 2.05 bits per heavy atom. The molecule has 1 aliphatic rings. The maximum Gasteiger partial charge on any atom is 0.251 e. The quantitative estimate of drug-likeness (QED) is 0.288. The third-order valence-corrected chi connectivity index (χ3v) is 7.36. The van der Waals surface area contributed by atoms with Crippen molar-refractivity contribution in [1.29, 1.82) is 0 Å². The van der Waals surface area contributed by atoms with E-state index >= 15 is 0 Å². The highest BCUT2D eigenvalue weighted by molar-refractivity contribution is 5.98. The van der Waals surface area contributed by atoms with Crippen LogP contribution in [0.25, 0.3) is 0 Å². The zero-order chi connectivity index (χ0) is 29.6. The molecule has 1 fully saturated rings. The van der Waals surface area contributed by atoms with Crippen molar-refractivity contribution in [2.75, 3.05) is 0 Å². The summed E-state index contributed by atoms with van der Waals surface area (Å²) in [6.07, 6.45) is 0.839. The van der Waals surface area contributed by atoms with Crippen LogP contribution in [0.5, 0.6) is 0 Å². The molecule has 41 heavy (non-hydrogen) atoms. The van der Waals surface area contributed by atoms with E-state index in [2.05, 4.69) is 20.9 Å². The Morgan fingerprint density at radius 2 is 1.46 bits per heavy atom. The molecule has 0 aromatic heterocycles. The topological polar surface area (TPSA) is 134 Å². The molecule has 3 aromatic rings. The maximum atomic E-state index is 13.2. The van der Waals surface area contributed by atoms with Crippen LogP contribution in [0.3, 0.4) is 0 Å². The molecule has 0 aliphatic carbocycles. The zero-order valence-electron chi connectivity index (χ0n) is 23.6. The lowest BCUT2D eigenvalue weighted by Crippen LogP contribution is -2.52. The maximum absolute atomic E-state index is 13.2. The molecule has 1 heterocycles. The minimum absolute atomic E-state index is 0.0109.